The SMILES string of the molecule is Cn1ncc(C(=O)c2ncccn2)n1. The first-order chi connectivity index (χ1) is 6.77. The van der Waals surface area contributed by atoms with Crippen molar-refractivity contribution in [1.29, 1.82) is 0 Å². The third-order valence-corrected chi connectivity index (χ3v) is 1.60. The van der Waals surface area contributed by atoms with E-state index >= 15 is 0 Å². The van der Waals surface area contributed by atoms with Crippen molar-refractivity contribution in [3.05, 3.63) is 36.2 Å². The fourth-order valence-electron chi connectivity index (χ4n) is 0.981. The van der Waals surface area contributed by atoms with E-state index in [1.165, 1.54) is 23.4 Å². The minimum atomic E-state index is -0.321. The summed E-state index contributed by atoms with van der Waals surface area (Å²) in [7, 11) is 1.64. The average molecular weight is 189 g/mol. The van der Waals surface area contributed by atoms with Crippen molar-refractivity contribution in [1.82, 2.24) is 25.0 Å². The monoisotopic (exact) mass is 189 g/mol. The molecule has 0 saturated carbocycles. The van der Waals surface area contributed by atoms with Gasteiger partial charge in [0.2, 0.25) is 5.82 Å². The molecule has 0 aromatic carbocycles. The van der Waals surface area contributed by atoms with Crippen LogP contribution in [0.2, 0.25) is 0 Å². The highest BCUT2D eigenvalue weighted by Gasteiger charge is 2.14. The molecule has 0 fully saturated rings. The largest absolute Gasteiger partial charge is 0.283 e. The third kappa shape index (κ3) is 1.49. The number of aryl methyl sites for hydroxylation is 1. The zero-order valence-corrected chi connectivity index (χ0v) is 7.45. The Kier molecular flexibility index (Phi) is 2.02. The predicted octanol–water partition coefficient (Wildman–Crippen LogP) is -0.164. The number of hydrogen-bond acceptors (Lipinski definition) is 5. The summed E-state index contributed by atoms with van der Waals surface area (Å²) in [6.07, 6.45) is 4.41. The number of rotatable bonds is 2. The van der Waals surface area contributed by atoms with Gasteiger partial charge in [-0.2, -0.15) is 9.90 Å². The van der Waals surface area contributed by atoms with Crippen molar-refractivity contribution < 1.29 is 4.79 Å². The Bertz CT molecular complexity index is 450. The van der Waals surface area contributed by atoms with Crippen LogP contribution in [0.5, 0.6) is 0 Å². The lowest BCUT2D eigenvalue weighted by molar-refractivity contribution is 0.102. The molecule has 2 aromatic rings. The maximum absolute atomic E-state index is 11.6. The molecule has 0 atom stereocenters. The Hall–Kier alpha value is -2.11. The van der Waals surface area contributed by atoms with Gasteiger partial charge in [0.15, 0.2) is 5.69 Å². The summed E-state index contributed by atoms with van der Waals surface area (Å²) in [4.78, 5) is 20.6. The van der Waals surface area contributed by atoms with Gasteiger partial charge in [-0.25, -0.2) is 9.97 Å². The number of ketones is 1. The molecule has 6 nitrogen and oxygen atoms in total. The summed E-state index contributed by atoms with van der Waals surface area (Å²) in [6, 6.07) is 1.65. The van der Waals surface area contributed by atoms with Crippen LogP contribution in [0.15, 0.2) is 24.7 Å². The number of hydrogen-bond donors (Lipinski definition) is 0. The van der Waals surface area contributed by atoms with Crippen LogP contribution in [0.4, 0.5) is 0 Å². The van der Waals surface area contributed by atoms with Crippen LogP contribution in [0, 0.1) is 0 Å². The zero-order valence-electron chi connectivity index (χ0n) is 7.45. The number of carbonyl (C=O) groups is 1. The molecule has 0 radical (unpaired) electrons. The Balaban J connectivity index is 2.34. The van der Waals surface area contributed by atoms with Crippen molar-refractivity contribution in [3.8, 4) is 0 Å². The van der Waals surface area contributed by atoms with E-state index in [1.807, 2.05) is 0 Å². The topological polar surface area (TPSA) is 73.6 Å². The number of carbonyl (C=O) groups excluding carboxylic acids is 1. The second kappa shape index (κ2) is 3.33. The summed E-state index contributed by atoms with van der Waals surface area (Å²) < 4.78 is 0. The Labute approximate surface area is 79.6 Å². The normalized spacial score (nSPS) is 10.1. The highest BCUT2D eigenvalue weighted by atomic mass is 16.1. The lowest BCUT2D eigenvalue weighted by Crippen LogP contribution is -2.07. The summed E-state index contributed by atoms with van der Waals surface area (Å²) >= 11 is 0. The van der Waals surface area contributed by atoms with Gasteiger partial charge >= 0.3 is 0 Å². The van der Waals surface area contributed by atoms with Crippen LogP contribution in [-0.4, -0.2) is 30.7 Å². The zero-order chi connectivity index (χ0) is 9.97. The van der Waals surface area contributed by atoms with Crippen LogP contribution >= 0.6 is 0 Å². The molecule has 0 aliphatic heterocycles. The van der Waals surface area contributed by atoms with Crippen LogP contribution in [0.1, 0.15) is 16.3 Å². The van der Waals surface area contributed by atoms with Gasteiger partial charge in [0.25, 0.3) is 5.78 Å². The van der Waals surface area contributed by atoms with E-state index in [9.17, 15) is 4.79 Å². The third-order valence-electron chi connectivity index (χ3n) is 1.60. The highest BCUT2D eigenvalue weighted by Crippen LogP contribution is 1.99. The second-order valence-electron chi connectivity index (χ2n) is 2.62. The highest BCUT2D eigenvalue weighted by molar-refractivity contribution is 6.04. The first kappa shape index (κ1) is 8.49. The molecule has 0 amide bonds. The van der Waals surface area contributed by atoms with Crippen LogP contribution in [0.3, 0.4) is 0 Å². The first-order valence-electron chi connectivity index (χ1n) is 3.95. The van der Waals surface area contributed by atoms with Crippen molar-refractivity contribution in [3.63, 3.8) is 0 Å². The molecular weight excluding hydrogens is 182 g/mol. The van der Waals surface area contributed by atoms with Gasteiger partial charge in [-0.05, 0) is 6.07 Å². The van der Waals surface area contributed by atoms with Crippen molar-refractivity contribution >= 4 is 5.78 Å². The Morgan fingerprint density at radius 1 is 1.36 bits per heavy atom. The van der Waals surface area contributed by atoms with E-state index in [0.717, 1.165) is 0 Å². The van der Waals surface area contributed by atoms with Gasteiger partial charge in [-0.15, -0.1) is 5.10 Å². The van der Waals surface area contributed by atoms with E-state index < -0.39 is 0 Å². The van der Waals surface area contributed by atoms with Gasteiger partial charge in [0.1, 0.15) is 0 Å². The summed E-state index contributed by atoms with van der Waals surface area (Å²) in [5.74, 6) is -0.188. The average Bonchev–Trinajstić information content (AvgIpc) is 2.65. The Morgan fingerprint density at radius 3 is 2.64 bits per heavy atom. The van der Waals surface area contributed by atoms with Crippen molar-refractivity contribution in [2.24, 2.45) is 7.05 Å². The van der Waals surface area contributed by atoms with Gasteiger partial charge in [-0.1, -0.05) is 0 Å². The van der Waals surface area contributed by atoms with Gasteiger partial charge < -0.3 is 0 Å². The molecule has 0 saturated heterocycles. The molecule has 6 heteroatoms. The summed E-state index contributed by atoms with van der Waals surface area (Å²) in [6.45, 7) is 0. The molecule has 0 unspecified atom stereocenters. The fourth-order valence-corrected chi connectivity index (χ4v) is 0.981. The van der Waals surface area contributed by atoms with Gasteiger partial charge in [0, 0.05) is 19.4 Å². The molecule has 2 rings (SSSR count). The second-order valence-corrected chi connectivity index (χ2v) is 2.62. The predicted molar refractivity (Wildman–Crippen MR) is 46.5 cm³/mol. The molecule has 2 aromatic heterocycles. The number of nitrogens with zero attached hydrogens (tertiary/aromatic N) is 5. The molecule has 0 aliphatic carbocycles. The van der Waals surface area contributed by atoms with E-state index in [0.29, 0.717) is 0 Å². The lowest BCUT2D eigenvalue weighted by Gasteiger charge is -1.92. The summed E-state index contributed by atoms with van der Waals surface area (Å²) in [5.41, 5.74) is 0.249. The molecule has 0 N–H and O–H groups in total. The Morgan fingerprint density at radius 2 is 2.07 bits per heavy atom. The van der Waals surface area contributed by atoms with Gasteiger partial charge in [0.05, 0.1) is 6.20 Å². The molecule has 0 spiro atoms. The smallest absolute Gasteiger partial charge is 0.252 e. The maximum Gasteiger partial charge on any atom is 0.252 e. The van der Waals surface area contributed by atoms with Crippen LogP contribution in [0.25, 0.3) is 0 Å². The van der Waals surface area contributed by atoms with Crippen molar-refractivity contribution in [2.45, 2.75) is 0 Å². The summed E-state index contributed by atoms with van der Waals surface area (Å²) in [5, 5.41) is 7.66. The quantitative estimate of drug-likeness (QED) is 0.613. The van der Waals surface area contributed by atoms with Crippen LogP contribution in [-0.2, 0) is 7.05 Å². The fraction of sp³-hybridized carbons (Fsp3) is 0.125. The van der Waals surface area contributed by atoms with Crippen molar-refractivity contribution in [2.75, 3.05) is 0 Å². The van der Waals surface area contributed by atoms with E-state index in [1.54, 1.807) is 13.1 Å². The molecule has 14 heavy (non-hydrogen) atoms. The van der Waals surface area contributed by atoms with E-state index in [2.05, 4.69) is 20.2 Å². The lowest BCUT2D eigenvalue weighted by atomic mass is 10.3. The van der Waals surface area contributed by atoms with E-state index in [4.69, 9.17) is 0 Å². The molecule has 2 heterocycles. The van der Waals surface area contributed by atoms with Crippen LogP contribution < -0.4 is 0 Å². The standard InChI is InChI=1S/C8H7N5O/c1-13-11-5-6(12-13)7(14)8-9-3-2-4-10-8/h2-5H,1H3. The minimum Gasteiger partial charge on any atom is -0.283 e. The molecule has 0 bridgehead atoms. The first-order valence-corrected chi connectivity index (χ1v) is 3.95. The molecular formula is C8H7N5O. The maximum atomic E-state index is 11.6. The number of aromatic nitrogens is 5. The van der Waals surface area contributed by atoms with E-state index in [-0.39, 0.29) is 17.3 Å². The molecule has 70 valence electrons. The molecule has 0 aliphatic rings. The minimum absolute atomic E-state index is 0.132. The van der Waals surface area contributed by atoms with Gasteiger partial charge in [-0.3, -0.25) is 4.79 Å².